The Morgan fingerprint density at radius 2 is 1.66 bits per heavy atom. The number of halogens is 1. The van der Waals surface area contributed by atoms with E-state index in [0.29, 0.717) is 5.82 Å². The van der Waals surface area contributed by atoms with Crippen molar-refractivity contribution in [3.8, 4) is 0 Å². The number of fused-ring (bicyclic) bond motifs is 1. The average Bonchev–Trinajstić information content (AvgIpc) is 3.36. The van der Waals surface area contributed by atoms with Gasteiger partial charge in [-0.2, -0.15) is 0 Å². The summed E-state index contributed by atoms with van der Waals surface area (Å²) in [6.07, 6.45) is 0. The van der Waals surface area contributed by atoms with Crippen LogP contribution in [0.5, 0.6) is 0 Å². The number of imidazole rings is 1. The van der Waals surface area contributed by atoms with Gasteiger partial charge in [-0.3, -0.25) is 9.69 Å². The molecule has 1 saturated heterocycles. The van der Waals surface area contributed by atoms with E-state index in [4.69, 9.17) is 4.98 Å². The Bertz CT molecular complexity index is 1290. The molecule has 5 rings (SSSR count). The lowest BCUT2D eigenvalue weighted by atomic mass is 9.91. The molecule has 1 fully saturated rings. The van der Waals surface area contributed by atoms with E-state index < -0.39 is 18.1 Å². The topological polar surface area (TPSA) is 78.1 Å². The summed E-state index contributed by atoms with van der Waals surface area (Å²) in [5, 5.41) is 2.86. The van der Waals surface area contributed by atoms with Gasteiger partial charge in [0, 0.05) is 9.49 Å². The van der Waals surface area contributed by atoms with Crippen LogP contribution in [0.25, 0.3) is 11.0 Å². The fourth-order valence-electron chi connectivity index (χ4n) is 4.29. The van der Waals surface area contributed by atoms with Gasteiger partial charge < -0.3 is 10.3 Å². The molecule has 1 aliphatic heterocycles. The van der Waals surface area contributed by atoms with Crippen LogP contribution in [-0.4, -0.2) is 26.8 Å². The van der Waals surface area contributed by atoms with Gasteiger partial charge in [-0.1, -0.05) is 67.6 Å². The minimum absolute atomic E-state index is 0.167. The summed E-state index contributed by atoms with van der Waals surface area (Å²) in [6.45, 7) is 2.02. The lowest BCUT2D eigenvalue weighted by Crippen LogP contribution is -2.38. The second kappa shape index (κ2) is 8.38. The Labute approximate surface area is 199 Å². The molecule has 160 valence electrons. The van der Waals surface area contributed by atoms with Crippen LogP contribution < -0.4 is 5.32 Å². The standard InChI is InChI=1S/C25H21IN4O2/c1-15(16-8-4-2-5-9-16)22(23-27-19-13-12-18(26)14-20(19)28-23)30-24(31)21(29-25(30)32)17-10-6-3-7-11-17/h2-15,21-22H,1H3,(H,27,28)(H,29,32)/t15-,21?,22-/m0/s1. The van der Waals surface area contributed by atoms with Gasteiger partial charge in [0.25, 0.3) is 5.91 Å². The van der Waals surface area contributed by atoms with E-state index in [1.807, 2.05) is 85.8 Å². The molecule has 3 aromatic carbocycles. The first-order valence-electron chi connectivity index (χ1n) is 10.4. The molecule has 32 heavy (non-hydrogen) atoms. The minimum atomic E-state index is -0.709. The minimum Gasteiger partial charge on any atom is -0.340 e. The van der Waals surface area contributed by atoms with Crippen LogP contribution in [0.1, 0.15) is 41.9 Å². The van der Waals surface area contributed by atoms with Crippen LogP contribution in [0.3, 0.4) is 0 Å². The Kier molecular flexibility index (Phi) is 5.42. The average molecular weight is 536 g/mol. The number of carbonyl (C=O) groups is 2. The molecule has 2 N–H and O–H groups in total. The van der Waals surface area contributed by atoms with Gasteiger partial charge in [-0.25, -0.2) is 9.78 Å². The Balaban J connectivity index is 1.60. The maximum Gasteiger partial charge on any atom is 0.325 e. The predicted octanol–water partition coefficient (Wildman–Crippen LogP) is 5.31. The normalized spacial score (nSPS) is 18.1. The van der Waals surface area contributed by atoms with Gasteiger partial charge in [0.1, 0.15) is 17.9 Å². The highest BCUT2D eigenvalue weighted by molar-refractivity contribution is 14.1. The number of aromatic nitrogens is 2. The van der Waals surface area contributed by atoms with Crippen molar-refractivity contribution in [2.75, 3.05) is 0 Å². The quantitative estimate of drug-likeness (QED) is 0.268. The molecule has 0 saturated carbocycles. The second-order valence-corrected chi connectivity index (χ2v) is 9.17. The number of benzene rings is 3. The van der Waals surface area contributed by atoms with Crippen molar-refractivity contribution in [2.24, 2.45) is 0 Å². The summed E-state index contributed by atoms with van der Waals surface area (Å²) in [5.74, 6) is 0.152. The third-order valence-electron chi connectivity index (χ3n) is 5.92. The molecular formula is C25H21IN4O2. The molecule has 1 aromatic heterocycles. The van der Waals surface area contributed by atoms with Crippen molar-refractivity contribution in [1.82, 2.24) is 20.2 Å². The summed E-state index contributed by atoms with van der Waals surface area (Å²) in [4.78, 5) is 36.2. The third-order valence-corrected chi connectivity index (χ3v) is 6.59. The number of aromatic amines is 1. The number of hydrogen-bond acceptors (Lipinski definition) is 3. The zero-order valence-electron chi connectivity index (χ0n) is 17.3. The number of nitrogens with zero attached hydrogens (tertiary/aromatic N) is 2. The molecule has 3 atom stereocenters. The molecule has 0 radical (unpaired) electrons. The van der Waals surface area contributed by atoms with Crippen molar-refractivity contribution in [1.29, 1.82) is 0 Å². The number of hydrogen-bond donors (Lipinski definition) is 2. The molecule has 0 bridgehead atoms. The maximum absolute atomic E-state index is 13.5. The molecule has 7 heteroatoms. The van der Waals surface area contributed by atoms with E-state index in [0.717, 1.165) is 25.7 Å². The van der Waals surface area contributed by atoms with Gasteiger partial charge in [0.05, 0.1) is 11.0 Å². The van der Waals surface area contributed by atoms with Gasteiger partial charge >= 0.3 is 6.03 Å². The summed E-state index contributed by atoms with van der Waals surface area (Å²) in [5.41, 5.74) is 3.47. The first kappa shape index (κ1) is 20.7. The highest BCUT2D eigenvalue weighted by Crippen LogP contribution is 2.39. The van der Waals surface area contributed by atoms with Crippen molar-refractivity contribution in [3.05, 3.63) is 99.4 Å². The van der Waals surface area contributed by atoms with Crippen LogP contribution >= 0.6 is 22.6 Å². The highest BCUT2D eigenvalue weighted by atomic mass is 127. The second-order valence-electron chi connectivity index (χ2n) is 7.93. The number of nitrogens with one attached hydrogen (secondary N) is 2. The molecule has 0 spiro atoms. The fraction of sp³-hybridized carbons (Fsp3) is 0.160. The smallest absolute Gasteiger partial charge is 0.325 e. The van der Waals surface area contributed by atoms with Crippen molar-refractivity contribution in [3.63, 3.8) is 0 Å². The first-order chi connectivity index (χ1) is 15.5. The number of carbonyl (C=O) groups excluding carboxylic acids is 2. The van der Waals surface area contributed by atoms with Crippen molar-refractivity contribution >= 4 is 45.6 Å². The molecule has 1 unspecified atom stereocenters. The van der Waals surface area contributed by atoms with E-state index in [1.54, 1.807) is 0 Å². The molecule has 2 heterocycles. The molecule has 1 aliphatic rings. The molecular weight excluding hydrogens is 515 g/mol. The van der Waals surface area contributed by atoms with Crippen molar-refractivity contribution in [2.45, 2.75) is 24.9 Å². The summed E-state index contributed by atoms with van der Waals surface area (Å²) < 4.78 is 1.08. The molecule has 4 aromatic rings. The van der Waals surface area contributed by atoms with E-state index in [1.165, 1.54) is 4.90 Å². The summed E-state index contributed by atoms with van der Waals surface area (Å²) in [7, 11) is 0. The van der Waals surface area contributed by atoms with Gasteiger partial charge in [-0.15, -0.1) is 0 Å². The Morgan fingerprint density at radius 3 is 2.38 bits per heavy atom. The molecule has 3 amide bonds. The number of amides is 3. The van der Waals surface area contributed by atoms with Gasteiger partial charge in [-0.05, 0) is 51.9 Å². The van der Waals surface area contributed by atoms with Gasteiger partial charge in [0.2, 0.25) is 0 Å². The Hall–Kier alpha value is -3.20. The van der Waals surface area contributed by atoms with Crippen LogP contribution in [0.4, 0.5) is 4.79 Å². The number of H-pyrrole nitrogens is 1. The summed E-state index contributed by atoms with van der Waals surface area (Å²) >= 11 is 2.25. The summed E-state index contributed by atoms with van der Waals surface area (Å²) in [6, 6.07) is 23.5. The van der Waals surface area contributed by atoms with Crippen molar-refractivity contribution < 1.29 is 9.59 Å². The molecule has 0 aliphatic carbocycles. The van der Waals surface area contributed by atoms with E-state index >= 15 is 0 Å². The zero-order chi connectivity index (χ0) is 22.2. The number of rotatable bonds is 5. The maximum atomic E-state index is 13.5. The highest BCUT2D eigenvalue weighted by Gasteiger charge is 2.46. The van der Waals surface area contributed by atoms with Crippen LogP contribution in [0, 0.1) is 3.57 Å². The zero-order valence-corrected chi connectivity index (χ0v) is 19.5. The molecule has 6 nitrogen and oxygen atoms in total. The Morgan fingerprint density at radius 1 is 0.969 bits per heavy atom. The van der Waals surface area contributed by atoms with E-state index in [9.17, 15) is 9.59 Å². The first-order valence-corrected chi connectivity index (χ1v) is 11.5. The third kappa shape index (κ3) is 3.66. The predicted molar refractivity (Wildman–Crippen MR) is 131 cm³/mol. The SMILES string of the molecule is C[C@@H](c1ccccc1)[C@@H](c1nc2ccc(I)cc2[nH]1)N1C(=O)NC(c2ccccc2)C1=O. The van der Waals surface area contributed by atoms with Crippen LogP contribution in [0.2, 0.25) is 0 Å². The van der Waals surface area contributed by atoms with E-state index in [-0.39, 0.29) is 11.8 Å². The largest absolute Gasteiger partial charge is 0.340 e. The van der Waals surface area contributed by atoms with Gasteiger partial charge in [0.15, 0.2) is 0 Å². The lowest BCUT2D eigenvalue weighted by Gasteiger charge is -2.29. The fourth-order valence-corrected chi connectivity index (χ4v) is 4.78. The van der Waals surface area contributed by atoms with Crippen LogP contribution in [-0.2, 0) is 4.79 Å². The number of urea groups is 1. The van der Waals surface area contributed by atoms with E-state index in [2.05, 4.69) is 32.9 Å². The monoisotopic (exact) mass is 536 g/mol. The lowest BCUT2D eigenvalue weighted by molar-refractivity contribution is -0.129. The van der Waals surface area contributed by atoms with Crippen LogP contribution in [0.15, 0.2) is 78.9 Å². The number of imide groups is 1.